The van der Waals surface area contributed by atoms with Crippen LogP contribution >= 0.6 is 0 Å². The van der Waals surface area contributed by atoms with Crippen molar-refractivity contribution in [1.82, 2.24) is 0 Å². The number of rotatable bonds is 4. The van der Waals surface area contributed by atoms with E-state index >= 15 is 0 Å². The van der Waals surface area contributed by atoms with Gasteiger partial charge < -0.3 is 4.74 Å². The van der Waals surface area contributed by atoms with Crippen molar-refractivity contribution < 1.29 is 9.53 Å². The minimum atomic E-state index is -0.515. The molecule has 1 aliphatic rings. The van der Waals surface area contributed by atoms with Crippen molar-refractivity contribution in [3.05, 3.63) is 54.1 Å². The van der Waals surface area contributed by atoms with Gasteiger partial charge in [0.15, 0.2) is 0 Å². The van der Waals surface area contributed by atoms with E-state index < -0.39 is 5.60 Å². The number of carbonyl (C=O) groups is 1. The molecule has 1 aromatic carbocycles. The molecule has 1 fully saturated rings. The highest BCUT2D eigenvalue weighted by molar-refractivity contribution is 5.87. The fourth-order valence-corrected chi connectivity index (χ4v) is 2.90. The quantitative estimate of drug-likeness (QED) is 0.590. The van der Waals surface area contributed by atoms with E-state index in [1.807, 2.05) is 30.3 Å². The van der Waals surface area contributed by atoms with E-state index in [2.05, 4.69) is 13.2 Å². The van der Waals surface area contributed by atoms with Crippen molar-refractivity contribution >= 4 is 12.0 Å². The molecule has 0 N–H and O–H groups in total. The average molecular weight is 270 g/mol. The summed E-state index contributed by atoms with van der Waals surface area (Å²) in [6, 6.07) is 8.05. The van der Waals surface area contributed by atoms with E-state index in [1.165, 1.54) is 6.42 Å². The van der Waals surface area contributed by atoms with Crippen molar-refractivity contribution in [2.75, 3.05) is 0 Å². The fraction of sp³-hybridized carbons (Fsp3) is 0.389. The number of hydrogen-bond donors (Lipinski definition) is 0. The average Bonchev–Trinajstić information content (AvgIpc) is 2.48. The molecule has 0 radical (unpaired) electrons. The maximum absolute atomic E-state index is 12.0. The third-order valence-corrected chi connectivity index (χ3v) is 3.97. The SMILES string of the molecule is C=Cc1ccccc1C1(OC(=O)C(=C)C)CCCCC1. The first-order valence-corrected chi connectivity index (χ1v) is 7.20. The molecular formula is C18H22O2. The van der Waals surface area contributed by atoms with Crippen LogP contribution in [0, 0.1) is 0 Å². The molecular weight excluding hydrogens is 248 g/mol. The summed E-state index contributed by atoms with van der Waals surface area (Å²) < 4.78 is 5.88. The van der Waals surface area contributed by atoms with Gasteiger partial charge in [-0.1, -0.05) is 49.9 Å². The van der Waals surface area contributed by atoms with Gasteiger partial charge in [0.25, 0.3) is 0 Å². The molecule has 106 valence electrons. The van der Waals surface area contributed by atoms with Gasteiger partial charge in [0, 0.05) is 11.1 Å². The second-order valence-corrected chi connectivity index (χ2v) is 5.52. The lowest BCUT2D eigenvalue weighted by Crippen LogP contribution is -2.35. The number of benzene rings is 1. The van der Waals surface area contributed by atoms with E-state index in [-0.39, 0.29) is 5.97 Å². The first-order valence-electron chi connectivity index (χ1n) is 7.20. The zero-order valence-corrected chi connectivity index (χ0v) is 12.2. The maximum Gasteiger partial charge on any atom is 0.333 e. The molecule has 0 saturated heterocycles. The Morgan fingerprint density at radius 3 is 2.50 bits per heavy atom. The van der Waals surface area contributed by atoms with Crippen LogP contribution in [0.2, 0.25) is 0 Å². The third-order valence-electron chi connectivity index (χ3n) is 3.97. The van der Waals surface area contributed by atoms with Gasteiger partial charge in [-0.15, -0.1) is 0 Å². The van der Waals surface area contributed by atoms with Gasteiger partial charge in [0.05, 0.1) is 0 Å². The van der Waals surface area contributed by atoms with Crippen LogP contribution in [0.5, 0.6) is 0 Å². The second-order valence-electron chi connectivity index (χ2n) is 5.52. The van der Waals surface area contributed by atoms with E-state index in [9.17, 15) is 4.79 Å². The lowest BCUT2D eigenvalue weighted by molar-refractivity contribution is -0.160. The summed E-state index contributed by atoms with van der Waals surface area (Å²) in [5, 5.41) is 0. The summed E-state index contributed by atoms with van der Waals surface area (Å²) in [5.41, 5.74) is 2.05. The highest BCUT2D eigenvalue weighted by Crippen LogP contribution is 2.42. The molecule has 1 aliphatic carbocycles. The van der Waals surface area contributed by atoms with Crippen LogP contribution in [0.15, 0.2) is 43.0 Å². The largest absolute Gasteiger partial charge is 0.451 e. The first-order chi connectivity index (χ1) is 9.59. The van der Waals surface area contributed by atoms with Gasteiger partial charge in [0.2, 0.25) is 0 Å². The van der Waals surface area contributed by atoms with Crippen molar-refractivity contribution in [3.8, 4) is 0 Å². The van der Waals surface area contributed by atoms with Crippen LogP contribution in [0.25, 0.3) is 6.08 Å². The molecule has 20 heavy (non-hydrogen) atoms. The van der Waals surface area contributed by atoms with Crippen LogP contribution in [0.1, 0.15) is 50.2 Å². The molecule has 1 aromatic rings. The molecule has 0 aliphatic heterocycles. The summed E-state index contributed by atoms with van der Waals surface area (Å²) in [4.78, 5) is 12.0. The fourth-order valence-electron chi connectivity index (χ4n) is 2.90. The Balaban J connectivity index is 2.43. The highest BCUT2D eigenvalue weighted by Gasteiger charge is 2.39. The molecule has 0 amide bonds. The normalized spacial score (nSPS) is 17.2. The lowest BCUT2D eigenvalue weighted by atomic mass is 9.77. The standard InChI is InChI=1S/C18H22O2/c1-4-15-10-6-7-11-16(15)18(12-8-5-9-13-18)20-17(19)14(2)3/h4,6-7,10-11H,1-2,5,8-9,12-13H2,3H3. The van der Waals surface area contributed by atoms with Crippen LogP contribution in [-0.2, 0) is 15.1 Å². The van der Waals surface area contributed by atoms with E-state index in [4.69, 9.17) is 4.74 Å². The molecule has 0 unspecified atom stereocenters. The Hall–Kier alpha value is -1.83. The van der Waals surface area contributed by atoms with Crippen LogP contribution < -0.4 is 0 Å². The summed E-state index contributed by atoms with van der Waals surface area (Å²) in [7, 11) is 0. The summed E-state index contributed by atoms with van der Waals surface area (Å²) in [6.45, 7) is 9.26. The second kappa shape index (κ2) is 6.08. The number of ether oxygens (including phenoxy) is 1. The minimum Gasteiger partial charge on any atom is -0.451 e. The Labute approximate surface area is 121 Å². The molecule has 2 nitrogen and oxygen atoms in total. The monoisotopic (exact) mass is 270 g/mol. The van der Waals surface area contributed by atoms with Gasteiger partial charge in [-0.05, 0) is 38.2 Å². The van der Waals surface area contributed by atoms with Crippen LogP contribution in [0.4, 0.5) is 0 Å². The van der Waals surface area contributed by atoms with Gasteiger partial charge in [-0.2, -0.15) is 0 Å². The highest BCUT2D eigenvalue weighted by atomic mass is 16.6. The Morgan fingerprint density at radius 2 is 1.90 bits per heavy atom. The molecule has 0 aromatic heterocycles. The predicted octanol–water partition coefficient (Wildman–Crippen LogP) is 4.61. The maximum atomic E-state index is 12.0. The molecule has 0 heterocycles. The topological polar surface area (TPSA) is 26.3 Å². The summed E-state index contributed by atoms with van der Waals surface area (Å²) >= 11 is 0. The van der Waals surface area contributed by atoms with Crippen LogP contribution in [0.3, 0.4) is 0 Å². The first kappa shape index (κ1) is 14.6. The lowest BCUT2D eigenvalue weighted by Gasteiger charge is -2.38. The van der Waals surface area contributed by atoms with Crippen molar-refractivity contribution in [1.29, 1.82) is 0 Å². The predicted molar refractivity (Wildman–Crippen MR) is 82.2 cm³/mol. The van der Waals surface area contributed by atoms with Gasteiger partial charge >= 0.3 is 5.97 Å². The Bertz CT molecular complexity index is 522. The van der Waals surface area contributed by atoms with E-state index in [1.54, 1.807) is 6.92 Å². The van der Waals surface area contributed by atoms with Gasteiger partial charge in [-0.25, -0.2) is 4.79 Å². The van der Waals surface area contributed by atoms with Crippen LogP contribution in [-0.4, -0.2) is 5.97 Å². The zero-order valence-electron chi connectivity index (χ0n) is 12.2. The number of hydrogen-bond acceptors (Lipinski definition) is 2. The molecule has 2 heteroatoms. The van der Waals surface area contributed by atoms with E-state index in [0.29, 0.717) is 5.57 Å². The molecule has 0 bridgehead atoms. The molecule has 2 rings (SSSR count). The van der Waals surface area contributed by atoms with Gasteiger partial charge in [-0.3, -0.25) is 0 Å². The van der Waals surface area contributed by atoms with Crippen molar-refractivity contribution in [3.63, 3.8) is 0 Å². The zero-order chi connectivity index (χ0) is 14.6. The molecule has 1 saturated carbocycles. The van der Waals surface area contributed by atoms with Crippen molar-refractivity contribution in [2.45, 2.75) is 44.6 Å². The number of carbonyl (C=O) groups excluding carboxylic acids is 1. The summed E-state index contributed by atoms with van der Waals surface area (Å²) in [5.74, 6) is -0.300. The minimum absolute atomic E-state index is 0.300. The Kier molecular flexibility index (Phi) is 4.43. The smallest absolute Gasteiger partial charge is 0.333 e. The third kappa shape index (κ3) is 2.84. The summed E-state index contributed by atoms with van der Waals surface area (Å²) in [6.07, 6.45) is 6.93. The van der Waals surface area contributed by atoms with Gasteiger partial charge in [0.1, 0.15) is 5.60 Å². The number of esters is 1. The van der Waals surface area contributed by atoms with E-state index in [0.717, 1.165) is 36.8 Å². The van der Waals surface area contributed by atoms with Crippen molar-refractivity contribution in [2.24, 2.45) is 0 Å². The Morgan fingerprint density at radius 1 is 1.25 bits per heavy atom. The molecule has 0 atom stereocenters. The molecule has 0 spiro atoms.